The number of urea groups is 1. The van der Waals surface area contributed by atoms with Gasteiger partial charge < -0.3 is 15.4 Å². The lowest BCUT2D eigenvalue weighted by molar-refractivity contribution is -0.151. The van der Waals surface area contributed by atoms with E-state index < -0.39 is 42.0 Å². The number of carbonyl (C=O) groups excluding carboxylic acids is 4. The molecule has 0 aliphatic rings. The molecule has 0 saturated heterocycles. The normalized spacial score (nSPS) is 12.1. The van der Waals surface area contributed by atoms with Crippen molar-refractivity contribution in [1.29, 1.82) is 0 Å². The molecule has 154 valence electrons. The van der Waals surface area contributed by atoms with Crippen molar-refractivity contribution in [2.24, 2.45) is 5.92 Å². The zero-order valence-corrected chi connectivity index (χ0v) is 18.2. The molecule has 0 fully saturated rings. The van der Waals surface area contributed by atoms with Crippen LogP contribution in [0.1, 0.15) is 45.0 Å². The lowest BCUT2D eigenvalue weighted by Gasteiger charge is -2.22. The van der Waals surface area contributed by atoms with E-state index in [0.29, 0.717) is 10.0 Å². The summed E-state index contributed by atoms with van der Waals surface area (Å²) in [5.41, 5.74) is -0.141. The Kier molecular flexibility index (Phi) is 8.62. The largest absolute Gasteiger partial charge is 0.454 e. The van der Waals surface area contributed by atoms with Crippen LogP contribution in [0.15, 0.2) is 28.7 Å². The van der Waals surface area contributed by atoms with E-state index in [1.807, 2.05) is 0 Å². The standard InChI is InChI=1S/C19H26BrN3O5/c1-11(2)15(22-16(25)12-8-6-7-9-13(12)20)17(26)28-10-14(24)21-18(27)23-19(3,4)5/h6-9,11,15H,10H2,1-5H3,(H,22,25)(H2,21,23,24,27). The van der Waals surface area contributed by atoms with Gasteiger partial charge in [0.25, 0.3) is 11.8 Å². The van der Waals surface area contributed by atoms with Crippen LogP contribution in [0, 0.1) is 5.92 Å². The Labute approximate surface area is 172 Å². The summed E-state index contributed by atoms with van der Waals surface area (Å²) < 4.78 is 5.56. The molecule has 0 spiro atoms. The molecule has 0 radical (unpaired) electrons. The number of hydrogen-bond donors (Lipinski definition) is 3. The molecule has 0 saturated carbocycles. The van der Waals surface area contributed by atoms with Crippen molar-refractivity contribution in [3.63, 3.8) is 0 Å². The topological polar surface area (TPSA) is 114 Å². The Morgan fingerprint density at radius 1 is 1.11 bits per heavy atom. The maximum absolute atomic E-state index is 12.4. The molecule has 0 aliphatic carbocycles. The van der Waals surface area contributed by atoms with E-state index in [9.17, 15) is 19.2 Å². The third kappa shape index (κ3) is 8.08. The van der Waals surface area contributed by atoms with E-state index in [-0.39, 0.29) is 5.92 Å². The molecule has 3 N–H and O–H groups in total. The molecule has 8 nitrogen and oxygen atoms in total. The molecule has 1 unspecified atom stereocenters. The van der Waals surface area contributed by atoms with E-state index in [2.05, 4.69) is 31.9 Å². The highest BCUT2D eigenvalue weighted by molar-refractivity contribution is 9.10. The quantitative estimate of drug-likeness (QED) is 0.569. The summed E-state index contributed by atoms with van der Waals surface area (Å²) in [7, 11) is 0. The summed E-state index contributed by atoms with van der Waals surface area (Å²) in [5.74, 6) is -2.25. The fourth-order valence-corrected chi connectivity index (χ4v) is 2.59. The van der Waals surface area contributed by atoms with Crippen molar-refractivity contribution in [1.82, 2.24) is 16.0 Å². The van der Waals surface area contributed by atoms with Crippen LogP contribution >= 0.6 is 15.9 Å². The van der Waals surface area contributed by atoms with Crippen LogP contribution in [0.4, 0.5) is 4.79 Å². The molecular weight excluding hydrogens is 430 g/mol. The van der Waals surface area contributed by atoms with E-state index in [1.165, 1.54) is 0 Å². The molecule has 4 amide bonds. The van der Waals surface area contributed by atoms with Gasteiger partial charge in [0.15, 0.2) is 6.61 Å². The zero-order chi connectivity index (χ0) is 21.5. The molecule has 1 atom stereocenters. The number of esters is 1. The monoisotopic (exact) mass is 455 g/mol. The Morgan fingerprint density at radius 3 is 2.25 bits per heavy atom. The van der Waals surface area contributed by atoms with Crippen molar-refractivity contribution in [3.8, 4) is 0 Å². The first kappa shape index (κ1) is 23.6. The maximum atomic E-state index is 12.4. The SMILES string of the molecule is CC(C)C(NC(=O)c1ccccc1Br)C(=O)OCC(=O)NC(=O)NC(C)(C)C. The number of imide groups is 1. The second kappa shape index (κ2) is 10.2. The molecule has 1 rings (SSSR count). The summed E-state index contributed by atoms with van der Waals surface area (Å²) in [5, 5.41) is 7.24. The van der Waals surface area contributed by atoms with Gasteiger partial charge in [-0.2, -0.15) is 0 Å². The first-order chi connectivity index (χ1) is 12.9. The predicted molar refractivity (Wildman–Crippen MR) is 108 cm³/mol. The summed E-state index contributed by atoms with van der Waals surface area (Å²) in [6.07, 6.45) is 0. The smallest absolute Gasteiger partial charge is 0.329 e. The molecule has 28 heavy (non-hydrogen) atoms. The van der Waals surface area contributed by atoms with Gasteiger partial charge in [-0.1, -0.05) is 26.0 Å². The van der Waals surface area contributed by atoms with Crippen LogP contribution in [0.3, 0.4) is 0 Å². The third-order valence-corrected chi connectivity index (χ3v) is 4.10. The number of ether oxygens (including phenoxy) is 1. The molecule has 0 heterocycles. The first-order valence-electron chi connectivity index (χ1n) is 8.74. The van der Waals surface area contributed by atoms with Crippen molar-refractivity contribution in [2.75, 3.05) is 6.61 Å². The van der Waals surface area contributed by atoms with Gasteiger partial charge in [0.1, 0.15) is 6.04 Å². The van der Waals surface area contributed by atoms with Crippen LogP contribution < -0.4 is 16.0 Å². The molecule has 0 aliphatic heterocycles. The molecule has 9 heteroatoms. The van der Waals surface area contributed by atoms with Gasteiger partial charge in [-0.25, -0.2) is 9.59 Å². The van der Waals surface area contributed by atoms with Gasteiger partial charge in [0.05, 0.1) is 5.56 Å². The van der Waals surface area contributed by atoms with E-state index in [1.54, 1.807) is 58.9 Å². The number of amides is 4. The van der Waals surface area contributed by atoms with Gasteiger partial charge in [0.2, 0.25) is 0 Å². The van der Waals surface area contributed by atoms with E-state index in [0.717, 1.165) is 0 Å². The minimum absolute atomic E-state index is 0.272. The molecule has 1 aromatic carbocycles. The van der Waals surface area contributed by atoms with Gasteiger partial charge in [-0.15, -0.1) is 0 Å². The van der Waals surface area contributed by atoms with Crippen molar-refractivity contribution >= 4 is 39.7 Å². The fourth-order valence-electron chi connectivity index (χ4n) is 2.12. The average molecular weight is 456 g/mol. The van der Waals surface area contributed by atoms with Crippen LogP contribution in [0.25, 0.3) is 0 Å². The number of benzene rings is 1. The van der Waals surface area contributed by atoms with Gasteiger partial charge >= 0.3 is 12.0 Å². The Morgan fingerprint density at radius 2 is 1.71 bits per heavy atom. The van der Waals surface area contributed by atoms with E-state index in [4.69, 9.17) is 4.74 Å². The number of nitrogens with one attached hydrogen (secondary N) is 3. The highest BCUT2D eigenvalue weighted by atomic mass is 79.9. The number of carbonyl (C=O) groups is 4. The first-order valence-corrected chi connectivity index (χ1v) is 9.54. The summed E-state index contributed by atoms with van der Waals surface area (Å²) >= 11 is 3.29. The minimum Gasteiger partial charge on any atom is -0.454 e. The second-order valence-corrected chi connectivity index (χ2v) is 8.39. The molecule has 0 aromatic heterocycles. The predicted octanol–water partition coefficient (Wildman–Crippen LogP) is 2.37. The lowest BCUT2D eigenvalue weighted by atomic mass is 10.0. The Hall–Kier alpha value is -2.42. The zero-order valence-electron chi connectivity index (χ0n) is 16.6. The van der Waals surface area contributed by atoms with Crippen LogP contribution in [-0.2, 0) is 14.3 Å². The van der Waals surface area contributed by atoms with Gasteiger partial charge in [0, 0.05) is 10.0 Å². The van der Waals surface area contributed by atoms with Gasteiger partial charge in [-0.05, 0) is 54.8 Å². The fraction of sp³-hybridized carbons (Fsp3) is 0.474. The minimum atomic E-state index is -0.948. The van der Waals surface area contributed by atoms with Crippen molar-refractivity contribution in [3.05, 3.63) is 34.3 Å². The van der Waals surface area contributed by atoms with E-state index >= 15 is 0 Å². The van der Waals surface area contributed by atoms with Crippen LogP contribution in [0.2, 0.25) is 0 Å². The lowest BCUT2D eigenvalue weighted by Crippen LogP contribution is -2.50. The summed E-state index contributed by atoms with van der Waals surface area (Å²) in [4.78, 5) is 48.2. The molecule has 1 aromatic rings. The number of rotatable bonds is 6. The van der Waals surface area contributed by atoms with Crippen molar-refractivity contribution in [2.45, 2.75) is 46.2 Å². The van der Waals surface area contributed by atoms with Gasteiger partial charge in [-0.3, -0.25) is 14.9 Å². The third-order valence-electron chi connectivity index (χ3n) is 3.41. The summed E-state index contributed by atoms with van der Waals surface area (Å²) in [6.45, 7) is 8.13. The highest BCUT2D eigenvalue weighted by Crippen LogP contribution is 2.16. The molecule has 0 bridgehead atoms. The number of hydrogen-bond acceptors (Lipinski definition) is 5. The average Bonchev–Trinajstić information content (AvgIpc) is 2.55. The van der Waals surface area contributed by atoms with Crippen LogP contribution in [0.5, 0.6) is 0 Å². The Balaban J connectivity index is 2.63. The maximum Gasteiger partial charge on any atom is 0.329 e. The summed E-state index contributed by atoms with van der Waals surface area (Å²) in [6, 6.07) is 5.17. The second-order valence-electron chi connectivity index (χ2n) is 7.54. The Bertz CT molecular complexity index is 743. The highest BCUT2D eigenvalue weighted by Gasteiger charge is 2.27. The van der Waals surface area contributed by atoms with Crippen LogP contribution in [-0.4, -0.2) is 42.0 Å². The molecular formula is C19H26BrN3O5. The van der Waals surface area contributed by atoms with Crippen molar-refractivity contribution < 1.29 is 23.9 Å². The number of halogens is 1.